The van der Waals surface area contributed by atoms with Crippen molar-refractivity contribution in [2.75, 3.05) is 13.2 Å². The van der Waals surface area contributed by atoms with Crippen LogP contribution in [0.3, 0.4) is 0 Å². The van der Waals surface area contributed by atoms with E-state index in [0.717, 1.165) is 31.1 Å². The summed E-state index contributed by atoms with van der Waals surface area (Å²) in [4.78, 5) is 26.5. The Labute approximate surface area is 397 Å². The highest BCUT2D eigenvalue weighted by atomic mass is 16.5. The van der Waals surface area contributed by atoms with Crippen molar-refractivity contribution in [2.45, 2.75) is 296 Å². The molecule has 0 aliphatic heterocycles. The van der Waals surface area contributed by atoms with E-state index >= 15 is 0 Å². The van der Waals surface area contributed by atoms with Crippen molar-refractivity contribution >= 4 is 22.7 Å². The highest BCUT2D eigenvalue weighted by molar-refractivity contribution is 6.13. The van der Waals surface area contributed by atoms with E-state index in [1.807, 2.05) is 24.3 Å². The second-order valence-corrected chi connectivity index (χ2v) is 19.8. The number of hydrogen-bond acceptors (Lipinski definition) is 4. The fourth-order valence-corrected chi connectivity index (χ4v) is 9.59. The summed E-state index contributed by atoms with van der Waals surface area (Å²) in [7, 11) is 0. The van der Waals surface area contributed by atoms with Crippen molar-refractivity contribution in [3.05, 3.63) is 47.5 Å². The molecule has 0 amide bonds. The summed E-state index contributed by atoms with van der Waals surface area (Å²) in [6.07, 6.45) is 59.7. The van der Waals surface area contributed by atoms with Crippen molar-refractivity contribution < 1.29 is 19.1 Å². The van der Waals surface area contributed by atoms with Crippen LogP contribution < -0.4 is 0 Å². The summed E-state index contributed by atoms with van der Waals surface area (Å²) in [6, 6.07) is 11.2. The summed E-state index contributed by atoms with van der Waals surface area (Å²) in [5.74, 6) is -0.706. The highest BCUT2D eigenvalue weighted by Gasteiger charge is 2.19. The lowest BCUT2D eigenvalue weighted by molar-refractivity contribution is 0.0498. The summed E-state index contributed by atoms with van der Waals surface area (Å²) in [6.45, 7) is 5.42. The Morgan fingerprint density at radius 1 is 0.297 bits per heavy atom. The lowest BCUT2D eigenvalue weighted by atomic mass is 9.99. The van der Waals surface area contributed by atoms with Gasteiger partial charge in [0.25, 0.3) is 0 Å². The van der Waals surface area contributed by atoms with Gasteiger partial charge < -0.3 is 9.47 Å². The van der Waals surface area contributed by atoms with E-state index in [2.05, 4.69) is 13.8 Å². The minimum atomic E-state index is -0.353. The standard InChI is InChI=1S/C60H104O4/c1-3-5-7-9-11-13-15-17-19-21-23-25-27-29-31-33-35-37-39-41-43-45-53-63-59(61)56-51-47-49-55-50-48-52-57(58(55)56)60(62)64-54-46-44-42-40-38-36-34-32-30-28-26-24-22-20-18-16-14-12-10-8-6-4-2/h47-52H,3-46,53-54H2,1-2H3. The Hall–Kier alpha value is -2.36. The number of hydrogen-bond donors (Lipinski definition) is 0. The summed E-state index contributed by atoms with van der Waals surface area (Å²) in [5, 5.41) is 1.50. The largest absolute Gasteiger partial charge is 0.462 e. The molecule has 0 aliphatic rings. The molecule has 0 radical (unpaired) electrons. The van der Waals surface area contributed by atoms with Gasteiger partial charge in [0.15, 0.2) is 0 Å². The molecular weight excluding hydrogens is 785 g/mol. The summed E-state index contributed by atoms with van der Waals surface area (Å²) < 4.78 is 11.5. The third-order valence-corrected chi connectivity index (χ3v) is 13.8. The number of carbonyl (C=O) groups is 2. The van der Waals surface area contributed by atoms with E-state index in [1.54, 1.807) is 12.1 Å². The summed E-state index contributed by atoms with van der Waals surface area (Å²) in [5.41, 5.74) is 0.904. The molecule has 0 atom stereocenters. The van der Waals surface area contributed by atoms with E-state index in [-0.39, 0.29) is 11.9 Å². The van der Waals surface area contributed by atoms with Crippen LogP contribution in [0.15, 0.2) is 36.4 Å². The van der Waals surface area contributed by atoms with Gasteiger partial charge in [-0.3, -0.25) is 0 Å². The second kappa shape index (κ2) is 44.5. The maximum absolute atomic E-state index is 13.2. The fourth-order valence-electron chi connectivity index (χ4n) is 9.59. The number of benzene rings is 2. The van der Waals surface area contributed by atoms with Gasteiger partial charge in [-0.1, -0.05) is 308 Å². The molecule has 0 unspecified atom stereocenters. The predicted molar refractivity (Wildman–Crippen MR) is 279 cm³/mol. The van der Waals surface area contributed by atoms with Gasteiger partial charge in [0.1, 0.15) is 0 Å². The number of unbranched alkanes of at least 4 members (excludes halogenated alkanes) is 42. The van der Waals surface area contributed by atoms with Crippen molar-refractivity contribution in [3.8, 4) is 0 Å². The van der Waals surface area contributed by atoms with E-state index < -0.39 is 0 Å². The Balaban J connectivity index is 1.42. The molecule has 2 rings (SSSR count). The average molecular weight is 889 g/mol. The van der Waals surface area contributed by atoms with E-state index in [9.17, 15) is 9.59 Å². The molecule has 0 saturated heterocycles. The SMILES string of the molecule is CCCCCCCCCCCCCCCCCCCCCCCCOC(=O)c1cccc2cccc(C(=O)OCCCCCCCCCCCCCCCCCCCCCCCC)c12. The Bertz CT molecular complexity index is 1240. The van der Waals surface area contributed by atoms with Gasteiger partial charge in [0, 0.05) is 5.39 Å². The molecular formula is C60H104O4. The van der Waals surface area contributed by atoms with Crippen LogP contribution in [0.4, 0.5) is 0 Å². The van der Waals surface area contributed by atoms with Crippen molar-refractivity contribution in [1.82, 2.24) is 0 Å². The minimum absolute atomic E-state index is 0.353. The molecule has 64 heavy (non-hydrogen) atoms. The minimum Gasteiger partial charge on any atom is -0.462 e. The molecule has 4 nitrogen and oxygen atoms in total. The zero-order valence-corrected chi connectivity index (χ0v) is 42.6. The lowest BCUT2D eigenvalue weighted by Gasteiger charge is -2.12. The molecule has 0 bridgehead atoms. The first-order valence-corrected chi connectivity index (χ1v) is 28.5. The number of esters is 2. The van der Waals surface area contributed by atoms with Gasteiger partial charge >= 0.3 is 11.9 Å². The molecule has 2 aromatic rings. The topological polar surface area (TPSA) is 52.6 Å². The molecule has 368 valence electrons. The number of ether oxygens (including phenoxy) is 2. The third kappa shape index (κ3) is 32.3. The second-order valence-electron chi connectivity index (χ2n) is 19.8. The molecule has 0 spiro atoms. The zero-order chi connectivity index (χ0) is 45.6. The van der Waals surface area contributed by atoms with E-state index in [1.165, 1.54) is 257 Å². The quantitative estimate of drug-likeness (QED) is 0.0491. The Morgan fingerprint density at radius 3 is 0.719 bits per heavy atom. The van der Waals surface area contributed by atoms with Gasteiger partial charge in [-0.2, -0.15) is 0 Å². The van der Waals surface area contributed by atoms with Crippen molar-refractivity contribution in [1.29, 1.82) is 0 Å². The maximum Gasteiger partial charge on any atom is 0.338 e. The molecule has 2 aromatic carbocycles. The zero-order valence-electron chi connectivity index (χ0n) is 42.6. The summed E-state index contributed by atoms with van der Waals surface area (Å²) >= 11 is 0. The number of rotatable bonds is 48. The van der Waals surface area contributed by atoms with Crippen molar-refractivity contribution in [2.24, 2.45) is 0 Å². The van der Waals surface area contributed by atoms with Crippen LogP contribution in [0, 0.1) is 0 Å². The first-order chi connectivity index (χ1) is 31.7. The predicted octanol–water partition coefficient (Wildman–Crippen LogP) is 20.4. The van der Waals surface area contributed by atoms with Crippen LogP contribution in [-0.4, -0.2) is 25.2 Å². The van der Waals surface area contributed by atoms with Crippen LogP contribution in [0.5, 0.6) is 0 Å². The number of carbonyl (C=O) groups excluding carboxylic acids is 2. The lowest BCUT2D eigenvalue weighted by Crippen LogP contribution is -2.11. The van der Waals surface area contributed by atoms with Crippen LogP contribution in [-0.2, 0) is 9.47 Å². The van der Waals surface area contributed by atoms with Crippen LogP contribution in [0.2, 0.25) is 0 Å². The highest BCUT2D eigenvalue weighted by Crippen LogP contribution is 2.26. The van der Waals surface area contributed by atoms with Gasteiger partial charge in [0.05, 0.1) is 24.3 Å². The van der Waals surface area contributed by atoms with Gasteiger partial charge in [-0.25, -0.2) is 9.59 Å². The molecule has 0 heterocycles. The van der Waals surface area contributed by atoms with Crippen molar-refractivity contribution in [3.63, 3.8) is 0 Å². The van der Waals surface area contributed by atoms with Gasteiger partial charge in [-0.15, -0.1) is 0 Å². The molecule has 0 aromatic heterocycles. The molecule has 0 N–H and O–H groups in total. The van der Waals surface area contributed by atoms with Gasteiger partial charge in [-0.05, 0) is 30.4 Å². The van der Waals surface area contributed by atoms with E-state index in [4.69, 9.17) is 9.47 Å². The smallest absolute Gasteiger partial charge is 0.338 e. The molecule has 0 fully saturated rings. The van der Waals surface area contributed by atoms with Gasteiger partial charge in [0.2, 0.25) is 0 Å². The van der Waals surface area contributed by atoms with Crippen LogP contribution >= 0.6 is 0 Å². The Kier molecular flexibility index (Phi) is 40.1. The Morgan fingerprint density at radius 2 is 0.500 bits per heavy atom. The van der Waals surface area contributed by atoms with Crippen LogP contribution in [0.1, 0.15) is 317 Å². The number of fused-ring (bicyclic) bond motifs is 1. The molecule has 4 heteroatoms. The molecule has 0 aliphatic carbocycles. The first-order valence-electron chi connectivity index (χ1n) is 28.5. The monoisotopic (exact) mass is 889 g/mol. The fraction of sp³-hybridized carbons (Fsp3) is 0.800. The normalized spacial score (nSPS) is 11.5. The van der Waals surface area contributed by atoms with Crippen LogP contribution in [0.25, 0.3) is 10.8 Å². The average Bonchev–Trinajstić information content (AvgIpc) is 3.31. The first kappa shape index (κ1) is 57.8. The molecule has 0 saturated carbocycles. The third-order valence-electron chi connectivity index (χ3n) is 13.8. The maximum atomic E-state index is 13.2. The van der Waals surface area contributed by atoms with E-state index in [0.29, 0.717) is 29.7 Å².